The van der Waals surface area contributed by atoms with Crippen molar-refractivity contribution in [3.05, 3.63) is 11.8 Å². The van der Waals surface area contributed by atoms with Gasteiger partial charge in [0.05, 0.1) is 17.8 Å². The molecular formula is C19H33N5O2. The summed E-state index contributed by atoms with van der Waals surface area (Å²) in [5.74, 6) is 0.821. The summed E-state index contributed by atoms with van der Waals surface area (Å²) in [5.41, 5.74) is 0.950. The quantitative estimate of drug-likeness (QED) is 0.809. The highest BCUT2D eigenvalue weighted by atomic mass is 16.5. The lowest BCUT2D eigenvalue weighted by Gasteiger charge is -2.27. The Bertz CT molecular complexity index is 589. The number of urea groups is 1. The van der Waals surface area contributed by atoms with Crippen LogP contribution in [0.2, 0.25) is 0 Å². The van der Waals surface area contributed by atoms with Gasteiger partial charge >= 0.3 is 6.03 Å². The van der Waals surface area contributed by atoms with Gasteiger partial charge in [0.2, 0.25) is 0 Å². The Morgan fingerprint density at radius 1 is 1.27 bits per heavy atom. The number of carbonyl (C=O) groups excluding carboxylic acids is 1. The monoisotopic (exact) mass is 363 g/mol. The van der Waals surface area contributed by atoms with Crippen LogP contribution in [0.15, 0.2) is 6.07 Å². The van der Waals surface area contributed by atoms with Crippen LogP contribution in [0.1, 0.15) is 50.3 Å². The highest BCUT2D eigenvalue weighted by Gasteiger charge is 2.25. The fraction of sp³-hybridized carbons (Fsp3) is 0.789. The lowest BCUT2D eigenvalue weighted by molar-refractivity contribution is 0.0820. The van der Waals surface area contributed by atoms with Crippen molar-refractivity contribution in [3.63, 3.8) is 0 Å². The van der Waals surface area contributed by atoms with E-state index in [0.29, 0.717) is 19.1 Å². The molecule has 1 unspecified atom stereocenters. The van der Waals surface area contributed by atoms with E-state index in [1.807, 2.05) is 36.7 Å². The number of hydrogen-bond acceptors (Lipinski definition) is 4. The van der Waals surface area contributed by atoms with Gasteiger partial charge in [0.15, 0.2) is 0 Å². The van der Waals surface area contributed by atoms with Gasteiger partial charge in [-0.15, -0.1) is 0 Å². The Kier molecular flexibility index (Phi) is 6.53. The number of aromatic nitrogens is 2. The molecule has 2 aliphatic rings. The fourth-order valence-corrected chi connectivity index (χ4v) is 3.86. The van der Waals surface area contributed by atoms with Gasteiger partial charge in [-0.05, 0) is 46.7 Å². The molecule has 0 aromatic carbocycles. The van der Waals surface area contributed by atoms with Crippen LogP contribution in [0, 0.1) is 6.92 Å². The van der Waals surface area contributed by atoms with E-state index < -0.39 is 0 Å². The molecule has 1 aliphatic heterocycles. The third kappa shape index (κ3) is 4.98. The fourth-order valence-electron chi connectivity index (χ4n) is 3.86. The first-order valence-electron chi connectivity index (χ1n) is 9.91. The number of hydrogen-bond donors (Lipinski definition) is 1. The van der Waals surface area contributed by atoms with Crippen molar-refractivity contribution >= 4 is 11.8 Å². The largest absolute Gasteiger partial charge is 0.376 e. The molecule has 0 radical (unpaired) electrons. The highest BCUT2D eigenvalue weighted by Crippen LogP contribution is 2.32. The van der Waals surface area contributed by atoms with Crippen LogP contribution in [-0.2, 0) is 4.74 Å². The summed E-state index contributed by atoms with van der Waals surface area (Å²) in [4.78, 5) is 17.0. The molecule has 2 heterocycles. The molecule has 1 aromatic rings. The Balaban J connectivity index is 1.67. The van der Waals surface area contributed by atoms with E-state index in [1.165, 1.54) is 12.8 Å². The summed E-state index contributed by atoms with van der Waals surface area (Å²) in [5, 5.41) is 7.75. The summed E-state index contributed by atoms with van der Waals surface area (Å²) in [7, 11) is 4.06. The van der Waals surface area contributed by atoms with E-state index in [1.54, 1.807) is 0 Å². The minimum absolute atomic E-state index is 0.0542. The second kappa shape index (κ2) is 8.86. The summed E-state index contributed by atoms with van der Waals surface area (Å²) < 4.78 is 7.77. The van der Waals surface area contributed by atoms with E-state index in [-0.39, 0.29) is 12.1 Å². The molecule has 3 rings (SSSR count). The molecule has 1 aliphatic carbocycles. The van der Waals surface area contributed by atoms with Crippen molar-refractivity contribution in [2.45, 2.75) is 57.6 Å². The van der Waals surface area contributed by atoms with Crippen molar-refractivity contribution in [3.8, 4) is 0 Å². The molecule has 2 fully saturated rings. The Morgan fingerprint density at radius 3 is 2.69 bits per heavy atom. The van der Waals surface area contributed by atoms with Crippen LogP contribution < -0.4 is 5.32 Å². The average molecular weight is 364 g/mol. The summed E-state index contributed by atoms with van der Waals surface area (Å²) in [6.45, 7) is 4.96. The van der Waals surface area contributed by atoms with Crippen LogP contribution in [0.25, 0.3) is 0 Å². The lowest BCUT2D eigenvalue weighted by Crippen LogP contribution is -2.43. The van der Waals surface area contributed by atoms with Crippen LogP contribution in [0.5, 0.6) is 0 Å². The van der Waals surface area contributed by atoms with Crippen molar-refractivity contribution < 1.29 is 9.53 Å². The number of nitrogens with one attached hydrogen (secondary N) is 1. The van der Waals surface area contributed by atoms with E-state index >= 15 is 0 Å². The maximum Gasteiger partial charge on any atom is 0.323 e. The van der Waals surface area contributed by atoms with Gasteiger partial charge in [-0.1, -0.05) is 12.8 Å². The molecule has 26 heavy (non-hydrogen) atoms. The molecule has 0 bridgehead atoms. The molecule has 7 heteroatoms. The van der Waals surface area contributed by atoms with Crippen LogP contribution in [0.3, 0.4) is 0 Å². The average Bonchev–Trinajstić information content (AvgIpc) is 3.33. The normalized spacial score (nSPS) is 20.8. The number of rotatable bonds is 7. The molecule has 1 saturated carbocycles. The van der Waals surface area contributed by atoms with Gasteiger partial charge in [-0.2, -0.15) is 5.10 Å². The molecular weight excluding hydrogens is 330 g/mol. The van der Waals surface area contributed by atoms with Crippen molar-refractivity contribution in [1.29, 1.82) is 0 Å². The number of ether oxygens (including phenoxy) is 1. The van der Waals surface area contributed by atoms with Crippen molar-refractivity contribution in [1.82, 2.24) is 19.6 Å². The van der Waals surface area contributed by atoms with Crippen molar-refractivity contribution in [2.24, 2.45) is 0 Å². The summed E-state index contributed by atoms with van der Waals surface area (Å²) in [6, 6.07) is 2.33. The lowest BCUT2D eigenvalue weighted by atomic mass is 10.2. The first kappa shape index (κ1) is 19.2. The van der Waals surface area contributed by atoms with Gasteiger partial charge in [0.25, 0.3) is 0 Å². The van der Waals surface area contributed by atoms with Gasteiger partial charge in [0.1, 0.15) is 5.82 Å². The zero-order valence-electron chi connectivity index (χ0n) is 16.4. The molecule has 7 nitrogen and oxygen atoms in total. The van der Waals surface area contributed by atoms with Crippen LogP contribution in [-0.4, -0.2) is 72.1 Å². The van der Waals surface area contributed by atoms with Gasteiger partial charge in [-0.25, -0.2) is 9.48 Å². The summed E-state index contributed by atoms with van der Waals surface area (Å²) in [6.07, 6.45) is 7.04. The number of amides is 2. The molecule has 1 aromatic heterocycles. The predicted octanol–water partition coefficient (Wildman–Crippen LogP) is 2.88. The van der Waals surface area contributed by atoms with Crippen LogP contribution in [0.4, 0.5) is 10.6 Å². The van der Waals surface area contributed by atoms with Gasteiger partial charge in [0, 0.05) is 32.3 Å². The molecule has 1 saturated heterocycles. The first-order valence-corrected chi connectivity index (χ1v) is 9.91. The van der Waals surface area contributed by atoms with Gasteiger partial charge in [-0.3, -0.25) is 5.32 Å². The van der Waals surface area contributed by atoms with Gasteiger partial charge < -0.3 is 14.5 Å². The van der Waals surface area contributed by atoms with E-state index in [9.17, 15) is 4.79 Å². The molecule has 1 atom stereocenters. The number of nitrogens with zero attached hydrogens (tertiary/aromatic N) is 4. The molecule has 1 N–H and O–H groups in total. The zero-order chi connectivity index (χ0) is 18.5. The van der Waals surface area contributed by atoms with E-state index in [4.69, 9.17) is 4.74 Å². The number of likely N-dealkylation sites (N-methyl/N-ethyl adjacent to an activating group) is 1. The SMILES string of the molecule is Cc1cc(NC(=O)N(CCN(C)C)CC2CCCO2)n(C2CCCC2)n1. The Hall–Kier alpha value is -1.60. The maximum absolute atomic E-state index is 13.0. The molecule has 146 valence electrons. The Morgan fingerprint density at radius 2 is 2.04 bits per heavy atom. The topological polar surface area (TPSA) is 62.6 Å². The third-order valence-electron chi connectivity index (χ3n) is 5.32. The predicted molar refractivity (Wildman–Crippen MR) is 103 cm³/mol. The van der Waals surface area contributed by atoms with E-state index in [0.717, 1.165) is 50.3 Å². The second-order valence-electron chi connectivity index (χ2n) is 7.87. The Labute approximate surface area is 156 Å². The zero-order valence-corrected chi connectivity index (χ0v) is 16.4. The third-order valence-corrected chi connectivity index (χ3v) is 5.32. The molecule has 0 spiro atoms. The standard InChI is InChI=1S/C19H33N5O2/c1-15-13-18(24(21-15)16-7-4-5-8-16)20-19(25)23(11-10-22(2)3)14-17-9-6-12-26-17/h13,16-17H,4-12,14H2,1-3H3,(H,20,25). The minimum Gasteiger partial charge on any atom is -0.376 e. The van der Waals surface area contributed by atoms with Crippen LogP contribution >= 0.6 is 0 Å². The summed E-state index contributed by atoms with van der Waals surface area (Å²) >= 11 is 0. The van der Waals surface area contributed by atoms with E-state index in [2.05, 4.69) is 15.3 Å². The first-order chi connectivity index (χ1) is 12.5. The maximum atomic E-state index is 13.0. The minimum atomic E-state index is -0.0542. The number of anilines is 1. The van der Waals surface area contributed by atoms with Crippen molar-refractivity contribution in [2.75, 3.05) is 45.7 Å². The number of aryl methyl sites for hydroxylation is 1. The second-order valence-corrected chi connectivity index (χ2v) is 7.87. The highest BCUT2D eigenvalue weighted by molar-refractivity contribution is 5.88. The number of carbonyl (C=O) groups is 1. The molecule has 2 amide bonds. The smallest absolute Gasteiger partial charge is 0.323 e.